The van der Waals surface area contributed by atoms with Crippen LogP contribution in [0.5, 0.6) is 0 Å². The van der Waals surface area contributed by atoms with Crippen molar-refractivity contribution in [3.8, 4) is 0 Å². The Morgan fingerprint density at radius 1 is 1.50 bits per heavy atom. The molecule has 0 bridgehead atoms. The van der Waals surface area contributed by atoms with Gasteiger partial charge in [-0.1, -0.05) is 11.6 Å². The predicted molar refractivity (Wildman–Crippen MR) is 64.4 cm³/mol. The highest BCUT2D eigenvalue weighted by Crippen LogP contribution is 2.09. The minimum atomic E-state index is -0.495. The molecule has 0 aliphatic heterocycles. The third kappa shape index (κ3) is 4.16. The molecule has 0 aromatic heterocycles. The van der Waals surface area contributed by atoms with E-state index in [4.69, 9.17) is 5.73 Å². The number of rotatable bonds is 4. The summed E-state index contributed by atoms with van der Waals surface area (Å²) >= 11 is 0. The summed E-state index contributed by atoms with van der Waals surface area (Å²) < 4.78 is 13.2. The van der Waals surface area contributed by atoms with Gasteiger partial charge in [-0.15, -0.1) is 12.4 Å². The molecule has 0 saturated carbocycles. The lowest BCUT2D eigenvalue weighted by Gasteiger charge is -2.05. The molecule has 0 saturated heterocycles. The summed E-state index contributed by atoms with van der Waals surface area (Å²) in [6.07, 6.45) is 0.694. The van der Waals surface area contributed by atoms with Crippen LogP contribution in [0, 0.1) is 12.7 Å². The average molecular weight is 247 g/mol. The second kappa shape index (κ2) is 7.19. The molecule has 0 unspecified atom stereocenters. The van der Waals surface area contributed by atoms with Crippen LogP contribution in [0.4, 0.5) is 4.39 Å². The van der Waals surface area contributed by atoms with E-state index >= 15 is 0 Å². The third-order valence-corrected chi connectivity index (χ3v) is 2.03. The highest BCUT2D eigenvalue weighted by molar-refractivity contribution is 5.94. The second-order valence-corrected chi connectivity index (χ2v) is 3.38. The number of carbonyl (C=O) groups excluding carboxylic acids is 1. The van der Waals surface area contributed by atoms with Crippen LogP contribution < -0.4 is 11.1 Å². The van der Waals surface area contributed by atoms with Crippen LogP contribution in [0.25, 0.3) is 0 Å². The van der Waals surface area contributed by atoms with Gasteiger partial charge in [-0.25, -0.2) is 4.39 Å². The normalized spacial score (nSPS) is 9.44. The van der Waals surface area contributed by atoms with Crippen molar-refractivity contribution in [3.63, 3.8) is 0 Å². The van der Waals surface area contributed by atoms with Crippen molar-refractivity contribution in [1.82, 2.24) is 5.32 Å². The smallest absolute Gasteiger partial charge is 0.254 e. The Labute approximate surface area is 101 Å². The van der Waals surface area contributed by atoms with Crippen molar-refractivity contribution in [2.75, 3.05) is 13.1 Å². The molecule has 0 atom stereocenters. The zero-order chi connectivity index (χ0) is 11.3. The number of benzene rings is 1. The minimum Gasteiger partial charge on any atom is -0.352 e. The van der Waals surface area contributed by atoms with Gasteiger partial charge in [0, 0.05) is 6.54 Å². The number of carbonyl (C=O) groups is 1. The second-order valence-electron chi connectivity index (χ2n) is 3.38. The van der Waals surface area contributed by atoms with E-state index in [0.717, 1.165) is 5.56 Å². The predicted octanol–water partition coefficient (Wildman–Crippen LogP) is 1.63. The molecule has 0 aliphatic rings. The van der Waals surface area contributed by atoms with Gasteiger partial charge in [0.1, 0.15) is 5.82 Å². The topological polar surface area (TPSA) is 55.1 Å². The Morgan fingerprint density at radius 3 is 2.81 bits per heavy atom. The van der Waals surface area contributed by atoms with Crippen molar-refractivity contribution < 1.29 is 9.18 Å². The number of hydrogen-bond donors (Lipinski definition) is 2. The Hall–Kier alpha value is -1.13. The van der Waals surface area contributed by atoms with Gasteiger partial charge in [-0.05, 0) is 32.0 Å². The first-order chi connectivity index (χ1) is 7.15. The maximum absolute atomic E-state index is 13.2. The standard InChI is InChI=1S/C11H15FN2O.ClH/c1-8-3-4-10(12)9(7-8)11(15)14-6-2-5-13;/h3-4,7H,2,5-6,13H2,1H3,(H,14,15);1H. The van der Waals surface area contributed by atoms with Crippen LogP contribution in [-0.4, -0.2) is 19.0 Å². The Kier molecular flexibility index (Phi) is 6.69. The van der Waals surface area contributed by atoms with E-state index in [-0.39, 0.29) is 23.9 Å². The average Bonchev–Trinajstić information content (AvgIpc) is 2.22. The molecule has 0 spiro atoms. The summed E-state index contributed by atoms with van der Waals surface area (Å²) in [6.45, 7) is 2.80. The van der Waals surface area contributed by atoms with E-state index in [1.807, 2.05) is 6.92 Å². The lowest BCUT2D eigenvalue weighted by molar-refractivity contribution is 0.0949. The van der Waals surface area contributed by atoms with Crippen LogP contribution in [-0.2, 0) is 0 Å². The van der Waals surface area contributed by atoms with Crippen LogP contribution in [0.2, 0.25) is 0 Å². The summed E-state index contributed by atoms with van der Waals surface area (Å²) in [5.41, 5.74) is 6.23. The molecular weight excluding hydrogens is 231 g/mol. The highest BCUT2D eigenvalue weighted by Gasteiger charge is 2.10. The summed E-state index contributed by atoms with van der Waals surface area (Å²) in [6, 6.07) is 4.46. The van der Waals surface area contributed by atoms with Crippen LogP contribution in [0.1, 0.15) is 22.3 Å². The van der Waals surface area contributed by atoms with E-state index in [0.29, 0.717) is 19.5 Å². The molecule has 5 heteroatoms. The maximum Gasteiger partial charge on any atom is 0.254 e. The number of amides is 1. The Morgan fingerprint density at radius 2 is 2.19 bits per heavy atom. The summed E-state index contributed by atoms with van der Waals surface area (Å²) in [5.74, 6) is -0.879. The van der Waals surface area contributed by atoms with E-state index in [9.17, 15) is 9.18 Å². The van der Waals surface area contributed by atoms with Gasteiger partial charge < -0.3 is 11.1 Å². The fraction of sp³-hybridized carbons (Fsp3) is 0.364. The molecule has 0 heterocycles. The minimum absolute atomic E-state index is 0. The van der Waals surface area contributed by atoms with Crippen LogP contribution >= 0.6 is 12.4 Å². The lowest BCUT2D eigenvalue weighted by atomic mass is 10.1. The first-order valence-corrected chi connectivity index (χ1v) is 4.89. The number of aryl methyl sites for hydroxylation is 1. The van der Waals surface area contributed by atoms with Crippen molar-refractivity contribution in [3.05, 3.63) is 35.1 Å². The number of halogens is 2. The molecule has 1 amide bonds. The van der Waals surface area contributed by atoms with E-state index in [1.54, 1.807) is 6.07 Å². The molecule has 16 heavy (non-hydrogen) atoms. The number of hydrogen-bond acceptors (Lipinski definition) is 2. The van der Waals surface area contributed by atoms with Crippen molar-refractivity contribution in [2.24, 2.45) is 5.73 Å². The summed E-state index contributed by atoms with van der Waals surface area (Å²) in [5, 5.41) is 2.61. The molecule has 0 aliphatic carbocycles. The molecule has 3 nitrogen and oxygen atoms in total. The van der Waals surface area contributed by atoms with Gasteiger partial charge >= 0.3 is 0 Å². The molecular formula is C11H16ClFN2O. The summed E-state index contributed by atoms with van der Waals surface area (Å²) in [7, 11) is 0. The maximum atomic E-state index is 13.2. The first-order valence-electron chi connectivity index (χ1n) is 4.89. The quantitative estimate of drug-likeness (QED) is 0.794. The van der Waals surface area contributed by atoms with Gasteiger partial charge in [0.25, 0.3) is 5.91 Å². The highest BCUT2D eigenvalue weighted by atomic mass is 35.5. The van der Waals surface area contributed by atoms with E-state index < -0.39 is 5.82 Å². The van der Waals surface area contributed by atoms with Crippen molar-refractivity contribution in [2.45, 2.75) is 13.3 Å². The van der Waals surface area contributed by atoms with Gasteiger partial charge in [0.15, 0.2) is 0 Å². The Bertz CT molecular complexity index is 358. The fourth-order valence-corrected chi connectivity index (χ4v) is 1.21. The van der Waals surface area contributed by atoms with Gasteiger partial charge in [0.05, 0.1) is 5.56 Å². The number of nitrogens with one attached hydrogen (secondary N) is 1. The SMILES string of the molecule is Cc1ccc(F)c(C(=O)NCCCN)c1.Cl. The van der Waals surface area contributed by atoms with Crippen LogP contribution in [0.3, 0.4) is 0 Å². The third-order valence-electron chi connectivity index (χ3n) is 2.03. The van der Waals surface area contributed by atoms with Crippen LogP contribution in [0.15, 0.2) is 18.2 Å². The van der Waals surface area contributed by atoms with E-state index in [1.165, 1.54) is 12.1 Å². The van der Waals surface area contributed by atoms with Gasteiger partial charge in [0.2, 0.25) is 0 Å². The molecule has 1 aromatic carbocycles. The monoisotopic (exact) mass is 246 g/mol. The van der Waals surface area contributed by atoms with Crippen molar-refractivity contribution >= 4 is 18.3 Å². The molecule has 0 fully saturated rings. The fourth-order valence-electron chi connectivity index (χ4n) is 1.21. The molecule has 90 valence electrons. The van der Waals surface area contributed by atoms with E-state index in [2.05, 4.69) is 5.32 Å². The molecule has 0 radical (unpaired) electrons. The molecule has 1 rings (SSSR count). The Balaban J connectivity index is 0.00000225. The largest absolute Gasteiger partial charge is 0.352 e. The molecule has 3 N–H and O–H groups in total. The van der Waals surface area contributed by atoms with Gasteiger partial charge in [-0.3, -0.25) is 4.79 Å². The number of nitrogens with two attached hydrogens (primary N) is 1. The zero-order valence-electron chi connectivity index (χ0n) is 9.13. The van der Waals surface area contributed by atoms with Gasteiger partial charge in [-0.2, -0.15) is 0 Å². The first kappa shape index (κ1) is 14.9. The zero-order valence-corrected chi connectivity index (χ0v) is 9.94. The summed E-state index contributed by atoms with van der Waals surface area (Å²) in [4.78, 5) is 11.5. The molecule has 1 aromatic rings. The lowest BCUT2D eigenvalue weighted by Crippen LogP contribution is -2.26. The van der Waals surface area contributed by atoms with Crippen molar-refractivity contribution in [1.29, 1.82) is 0 Å².